The van der Waals surface area contributed by atoms with Gasteiger partial charge in [0.2, 0.25) is 0 Å². The Labute approximate surface area is 201 Å². The number of halogens is 1. The van der Waals surface area contributed by atoms with Gasteiger partial charge in [-0.05, 0) is 73.2 Å². The molecule has 1 aliphatic heterocycles. The number of ketones is 1. The highest BCUT2D eigenvalue weighted by atomic mass is 19.1. The lowest BCUT2D eigenvalue weighted by Gasteiger charge is -2.25. The molecule has 1 atom stereocenters. The normalized spacial score (nSPS) is 16.9. The summed E-state index contributed by atoms with van der Waals surface area (Å²) in [5, 5.41) is 11.1. The van der Waals surface area contributed by atoms with Crippen LogP contribution in [-0.4, -0.2) is 36.5 Å². The quantitative estimate of drug-likeness (QED) is 0.242. The Morgan fingerprint density at radius 3 is 2.26 bits per heavy atom. The average molecular weight is 475 g/mol. The predicted octanol–water partition coefficient (Wildman–Crippen LogP) is 4.64. The van der Waals surface area contributed by atoms with E-state index >= 15 is 0 Å². The van der Waals surface area contributed by atoms with Crippen LogP contribution in [0.15, 0.2) is 78.4 Å². The van der Waals surface area contributed by atoms with Crippen LogP contribution in [0.3, 0.4) is 0 Å². The smallest absolute Gasteiger partial charge is 0.338 e. The summed E-state index contributed by atoms with van der Waals surface area (Å²) in [4.78, 5) is 39.5. The van der Waals surface area contributed by atoms with Gasteiger partial charge in [0, 0.05) is 11.3 Å². The maximum atomic E-state index is 14.2. The zero-order valence-corrected chi connectivity index (χ0v) is 19.0. The highest BCUT2D eigenvalue weighted by Crippen LogP contribution is 2.42. The van der Waals surface area contributed by atoms with Gasteiger partial charge in [-0.3, -0.25) is 14.5 Å². The number of carbonyl (C=O) groups is 3. The summed E-state index contributed by atoms with van der Waals surface area (Å²) in [5.74, 6) is -2.74. The fraction of sp³-hybridized carbons (Fsp3) is 0.148. The van der Waals surface area contributed by atoms with Crippen molar-refractivity contribution in [2.45, 2.75) is 13.0 Å². The van der Waals surface area contributed by atoms with E-state index in [4.69, 9.17) is 9.47 Å². The van der Waals surface area contributed by atoms with Crippen LogP contribution in [0.4, 0.5) is 10.1 Å². The van der Waals surface area contributed by atoms with Crippen LogP contribution in [0.25, 0.3) is 5.76 Å². The minimum absolute atomic E-state index is 0.180. The van der Waals surface area contributed by atoms with Crippen molar-refractivity contribution in [2.75, 3.05) is 18.6 Å². The van der Waals surface area contributed by atoms with E-state index in [-0.39, 0.29) is 17.7 Å². The minimum atomic E-state index is -1.10. The van der Waals surface area contributed by atoms with Crippen LogP contribution in [-0.2, 0) is 14.3 Å². The summed E-state index contributed by atoms with van der Waals surface area (Å²) in [5.41, 5.74) is 0.979. The molecule has 0 saturated carbocycles. The first kappa shape index (κ1) is 23.7. The van der Waals surface area contributed by atoms with Crippen molar-refractivity contribution in [1.82, 2.24) is 0 Å². The molecule has 178 valence electrons. The molecule has 0 unspecified atom stereocenters. The van der Waals surface area contributed by atoms with Gasteiger partial charge in [-0.1, -0.05) is 12.1 Å². The number of ether oxygens (including phenoxy) is 2. The number of hydrogen-bond donors (Lipinski definition) is 1. The van der Waals surface area contributed by atoms with E-state index in [0.29, 0.717) is 22.6 Å². The van der Waals surface area contributed by atoms with Gasteiger partial charge in [0.1, 0.15) is 17.3 Å². The second-order valence-corrected chi connectivity index (χ2v) is 7.72. The number of benzene rings is 3. The first-order valence-electron chi connectivity index (χ1n) is 10.8. The number of nitrogens with zero attached hydrogens (tertiary/aromatic N) is 1. The minimum Gasteiger partial charge on any atom is -0.507 e. The van der Waals surface area contributed by atoms with Crippen molar-refractivity contribution in [1.29, 1.82) is 0 Å². The molecule has 1 N–H and O–H groups in total. The van der Waals surface area contributed by atoms with Crippen LogP contribution in [0.5, 0.6) is 5.75 Å². The molecular weight excluding hydrogens is 453 g/mol. The maximum absolute atomic E-state index is 14.2. The van der Waals surface area contributed by atoms with Gasteiger partial charge in [0.25, 0.3) is 11.7 Å². The molecule has 3 aromatic rings. The molecule has 0 radical (unpaired) electrons. The molecule has 0 bridgehead atoms. The number of carbonyl (C=O) groups excluding carboxylic acids is 3. The molecule has 1 saturated heterocycles. The number of Topliss-reactive ketones (excluding diaryl/α,β-unsaturated/α-hetero) is 1. The molecule has 0 spiro atoms. The van der Waals surface area contributed by atoms with Crippen molar-refractivity contribution in [3.05, 3.63) is 101 Å². The highest BCUT2D eigenvalue weighted by Gasteiger charge is 2.47. The molecule has 4 rings (SSSR count). The topological polar surface area (TPSA) is 93.1 Å². The third-order valence-corrected chi connectivity index (χ3v) is 5.63. The molecule has 0 aromatic heterocycles. The van der Waals surface area contributed by atoms with Gasteiger partial charge < -0.3 is 14.6 Å². The number of aliphatic hydroxyl groups is 1. The van der Waals surface area contributed by atoms with E-state index in [0.717, 1.165) is 0 Å². The summed E-state index contributed by atoms with van der Waals surface area (Å²) in [6.07, 6.45) is 0. The monoisotopic (exact) mass is 475 g/mol. The lowest BCUT2D eigenvalue weighted by Crippen LogP contribution is -2.29. The first-order chi connectivity index (χ1) is 16.8. The van der Waals surface area contributed by atoms with E-state index in [1.54, 1.807) is 37.3 Å². The fourth-order valence-electron chi connectivity index (χ4n) is 3.97. The fourth-order valence-corrected chi connectivity index (χ4v) is 3.97. The Morgan fingerprint density at radius 2 is 1.66 bits per heavy atom. The number of rotatable bonds is 6. The maximum Gasteiger partial charge on any atom is 0.338 e. The molecule has 1 aliphatic rings. The molecular formula is C27H22FNO6. The standard InChI is InChI=1S/C27H22FNO6/c1-3-35-27(33)17-7-11-20(12-8-17)29-23(18-5-4-6-19(28)15-18)22(25(31)26(29)32)24(30)16-9-13-21(34-2)14-10-16/h4-15,23,30H,3H2,1-2H3/t23-/m1/s1. The first-order valence-corrected chi connectivity index (χ1v) is 10.8. The number of amides is 1. The highest BCUT2D eigenvalue weighted by molar-refractivity contribution is 6.51. The predicted molar refractivity (Wildman–Crippen MR) is 127 cm³/mol. The van der Waals surface area contributed by atoms with Crippen molar-refractivity contribution >= 4 is 29.1 Å². The molecule has 3 aromatic carbocycles. The zero-order chi connectivity index (χ0) is 25.1. The zero-order valence-electron chi connectivity index (χ0n) is 19.0. The van der Waals surface area contributed by atoms with E-state index in [2.05, 4.69) is 0 Å². The van der Waals surface area contributed by atoms with Crippen LogP contribution >= 0.6 is 0 Å². The van der Waals surface area contributed by atoms with Crippen molar-refractivity contribution in [3.63, 3.8) is 0 Å². The van der Waals surface area contributed by atoms with Gasteiger partial charge in [-0.2, -0.15) is 0 Å². The summed E-state index contributed by atoms with van der Waals surface area (Å²) < 4.78 is 24.3. The Bertz CT molecular complexity index is 1310. The van der Waals surface area contributed by atoms with Crippen LogP contribution in [0.2, 0.25) is 0 Å². The van der Waals surface area contributed by atoms with E-state index in [1.165, 1.54) is 54.5 Å². The number of anilines is 1. The van der Waals surface area contributed by atoms with Gasteiger partial charge in [0.05, 0.1) is 30.9 Å². The number of esters is 1. The molecule has 1 amide bonds. The van der Waals surface area contributed by atoms with Gasteiger partial charge in [-0.15, -0.1) is 0 Å². The van der Waals surface area contributed by atoms with Crippen LogP contribution in [0, 0.1) is 5.82 Å². The summed E-state index contributed by atoms with van der Waals surface area (Å²) >= 11 is 0. The lowest BCUT2D eigenvalue weighted by molar-refractivity contribution is -0.132. The Balaban J connectivity index is 1.85. The van der Waals surface area contributed by atoms with E-state index in [1.807, 2.05) is 0 Å². The second kappa shape index (κ2) is 9.80. The number of aliphatic hydroxyl groups excluding tert-OH is 1. The lowest BCUT2D eigenvalue weighted by atomic mass is 9.95. The van der Waals surface area contributed by atoms with Crippen molar-refractivity contribution < 1.29 is 33.4 Å². The number of methoxy groups -OCH3 is 1. The molecule has 35 heavy (non-hydrogen) atoms. The summed E-state index contributed by atoms with van der Waals surface area (Å²) in [6.45, 7) is 1.90. The van der Waals surface area contributed by atoms with Crippen molar-refractivity contribution in [2.24, 2.45) is 0 Å². The number of hydrogen-bond acceptors (Lipinski definition) is 6. The largest absolute Gasteiger partial charge is 0.507 e. The van der Waals surface area contributed by atoms with Crippen molar-refractivity contribution in [3.8, 4) is 5.75 Å². The second-order valence-electron chi connectivity index (χ2n) is 7.72. The SMILES string of the molecule is CCOC(=O)c1ccc(N2C(=O)C(=O)C(=C(O)c3ccc(OC)cc3)[C@H]2c2cccc(F)c2)cc1. The summed E-state index contributed by atoms with van der Waals surface area (Å²) in [6, 6.07) is 16.6. The molecule has 7 nitrogen and oxygen atoms in total. The Kier molecular flexibility index (Phi) is 6.64. The molecule has 1 heterocycles. The van der Waals surface area contributed by atoms with Gasteiger partial charge in [0.15, 0.2) is 0 Å². The Morgan fingerprint density at radius 1 is 1.00 bits per heavy atom. The van der Waals surface area contributed by atoms with Gasteiger partial charge in [-0.25, -0.2) is 9.18 Å². The molecule has 1 fully saturated rings. The molecule has 0 aliphatic carbocycles. The van der Waals surface area contributed by atoms with Gasteiger partial charge >= 0.3 is 5.97 Å². The van der Waals surface area contributed by atoms with E-state index in [9.17, 15) is 23.9 Å². The third kappa shape index (κ3) is 4.50. The van der Waals surface area contributed by atoms with Crippen LogP contribution in [0.1, 0.15) is 34.5 Å². The Hall–Kier alpha value is -4.46. The summed E-state index contributed by atoms with van der Waals surface area (Å²) in [7, 11) is 1.50. The van der Waals surface area contributed by atoms with Crippen LogP contribution < -0.4 is 9.64 Å². The molecule has 8 heteroatoms. The third-order valence-electron chi connectivity index (χ3n) is 5.63. The van der Waals surface area contributed by atoms with E-state index < -0.39 is 35.3 Å². The average Bonchev–Trinajstić information content (AvgIpc) is 3.14.